The minimum Gasteiger partial charge on any atom is -0.493 e. The Hall–Kier alpha value is -1.26. The van der Waals surface area contributed by atoms with Crippen molar-refractivity contribution in [2.75, 3.05) is 26.9 Å². The van der Waals surface area contributed by atoms with Crippen molar-refractivity contribution in [3.63, 3.8) is 0 Å². The molecule has 0 unspecified atom stereocenters. The van der Waals surface area contributed by atoms with Crippen molar-refractivity contribution >= 4 is 0 Å². The van der Waals surface area contributed by atoms with Gasteiger partial charge in [-0.1, -0.05) is 19.1 Å². The largest absolute Gasteiger partial charge is 0.493 e. The third kappa shape index (κ3) is 4.24. The van der Waals surface area contributed by atoms with Gasteiger partial charge in [-0.2, -0.15) is 0 Å². The Bertz CT molecular complexity index is 306. The molecule has 1 aromatic rings. The zero-order valence-electron chi connectivity index (χ0n) is 10.6. The van der Waals surface area contributed by atoms with Crippen molar-refractivity contribution < 1.29 is 14.2 Å². The zero-order valence-corrected chi connectivity index (χ0v) is 10.6. The van der Waals surface area contributed by atoms with Crippen LogP contribution in [-0.2, 0) is 11.3 Å². The van der Waals surface area contributed by atoms with Crippen molar-refractivity contribution in [3.8, 4) is 11.5 Å². The number of ether oxygens (including phenoxy) is 3. The Labute approximate surface area is 103 Å². The summed E-state index contributed by atoms with van der Waals surface area (Å²) in [5, 5.41) is 0. The molecule has 0 spiro atoms. The maximum absolute atomic E-state index is 5.67. The third-order valence-electron chi connectivity index (χ3n) is 2.32. The van der Waals surface area contributed by atoms with E-state index < -0.39 is 0 Å². The second kappa shape index (κ2) is 7.92. The maximum atomic E-state index is 5.67. The van der Waals surface area contributed by atoms with E-state index in [1.54, 1.807) is 7.11 Å². The first-order chi connectivity index (χ1) is 8.33. The number of hydrogen-bond acceptors (Lipinski definition) is 4. The molecule has 0 aliphatic heterocycles. The number of nitrogens with two attached hydrogens (primary N) is 1. The SMILES string of the molecule is CCCOCCOc1c(CN)cccc1OC. The standard InChI is InChI=1S/C13H21NO3/c1-3-7-16-8-9-17-13-11(10-14)5-4-6-12(13)15-2/h4-6H,3,7-10,14H2,1-2H3. The minimum absolute atomic E-state index is 0.433. The molecule has 0 amide bonds. The van der Waals surface area contributed by atoms with Crippen molar-refractivity contribution in [2.45, 2.75) is 19.9 Å². The lowest BCUT2D eigenvalue weighted by Gasteiger charge is -2.14. The monoisotopic (exact) mass is 239 g/mol. The third-order valence-corrected chi connectivity index (χ3v) is 2.32. The topological polar surface area (TPSA) is 53.7 Å². The lowest BCUT2D eigenvalue weighted by molar-refractivity contribution is 0.0991. The summed E-state index contributed by atoms with van der Waals surface area (Å²) in [7, 11) is 1.62. The fourth-order valence-electron chi connectivity index (χ4n) is 1.50. The summed E-state index contributed by atoms with van der Waals surface area (Å²) >= 11 is 0. The fourth-order valence-corrected chi connectivity index (χ4v) is 1.50. The smallest absolute Gasteiger partial charge is 0.165 e. The van der Waals surface area contributed by atoms with E-state index in [-0.39, 0.29) is 0 Å². The molecule has 0 aliphatic rings. The van der Waals surface area contributed by atoms with E-state index in [0.29, 0.717) is 25.5 Å². The molecular weight excluding hydrogens is 218 g/mol. The van der Waals surface area contributed by atoms with Gasteiger partial charge in [-0.05, 0) is 12.5 Å². The molecule has 17 heavy (non-hydrogen) atoms. The Kier molecular flexibility index (Phi) is 6.43. The van der Waals surface area contributed by atoms with Gasteiger partial charge in [0, 0.05) is 18.7 Å². The van der Waals surface area contributed by atoms with E-state index in [9.17, 15) is 0 Å². The van der Waals surface area contributed by atoms with E-state index in [4.69, 9.17) is 19.9 Å². The average Bonchev–Trinajstić information content (AvgIpc) is 2.38. The first-order valence-corrected chi connectivity index (χ1v) is 5.90. The maximum Gasteiger partial charge on any atom is 0.165 e. The molecule has 0 atom stereocenters. The summed E-state index contributed by atoms with van der Waals surface area (Å²) in [6, 6.07) is 5.70. The van der Waals surface area contributed by atoms with Crippen molar-refractivity contribution in [3.05, 3.63) is 23.8 Å². The van der Waals surface area contributed by atoms with Gasteiger partial charge in [-0.3, -0.25) is 0 Å². The van der Waals surface area contributed by atoms with Crippen molar-refractivity contribution in [1.82, 2.24) is 0 Å². The highest BCUT2D eigenvalue weighted by Crippen LogP contribution is 2.30. The minimum atomic E-state index is 0.433. The van der Waals surface area contributed by atoms with Crippen LogP contribution in [0.1, 0.15) is 18.9 Å². The van der Waals surface area contributed by atoms with Crippen LogP contribution >= 0.6 is 0 Å². The van der Waals surface area contributed by atoms with Crippen molar-refractivity contribution in [2.24, 2.45) is 5.73 Å². The van der Waals surface area contributed by atoms with Crippen LogP contribution in [0.25, 0.3) is 0 Å². The van der Waals surface area contributed by atoms with Gasteiger partial charge < -0.3 is 19.9 Å². The van der Waals surface area contributed by atoms with Gasteiger partial charge in [-0.15, -0.1) is 0 Å². The van der Waals surface area contributed by atoms with E-state index in [2.05, 4.69) is 6.92 Å². The van der Waals surface area contributed by atoms with E-state index in [0.717, 1.165) is 24.3 Å². The number of rotatable bonds is 8. The molecule has 2 N–H and O–H groups in total. The van der Waals surface area contributed by atoms with Gasteiger partial charge in [0.25, 0.3) is 0 Å². The van der Waals surface area contributed by atoms with Crippen LogP contribution in [0.5, 0.6) is 11.5 Å². The summed E-state index contributed by atoms with van der Waals surface area (Å²) in [5.41, 5.74) is 6.60. The lowest BCUT2D eigenvalue weighted by atomic mass is 10.2. The van der Waals surface area contributed by atoms with Crippen molar-refractivity contribution in [1.29, 1.82) is 0 Å². The Morgan fingerprint density at radius 3 is 2.65 bits per heavy atom. The highest BCUT2D eigenvalue weighted by molar-refractivity contribution is 5.46. The number of benzene rings is 1. The fraction of sp³-hybridized carbons (Fsp3) is 0.538. The predicted molar refractivity (Wildman–Crippen MR) is 67.5 cm³/mol. The summed E-state index contributed by atoms with van der Waals surface area (Å²) in [5.74, 6) is 1.43. The first kappa shape index (κ1) is 13.8. The Morgan fingerprint density at radius 2 is 2.00 bits per heavy atom. The summed E-state index contributed by atoms with van der Waals surface area (Å²) in [4.78, 5) is 0. The second-order valence-corrected chi connectivity index (χ2v) is 3.61. The molecule has 0 radical (unpaired) electrons. The van der Waals surface area contributed by atoms with Crippen LogP contribution in [0.4, 0.5) is 0 Å². The molecule has 1 rings (SSSR count). The van der Waals surface area contributed by atoms with E-state index in [1.165, 1.54) is 0 Å². The molecule has 0 saturated heterocycles. The molecule has 0 saturated carbocycles. The van der Waals surface area contributed by atoms with E-state index in [1.807, 2.05) is 18.2 Å². The zero-order chi connectivity index (χ0) is 12.5. The highest BCUT2D eigenvalue weighted by Gasteiger charge is 2.08. The van der Waals surface area contributed by atoms with Gasteiger partial charge in [0.2, 0.25) is 0 Å². The van der Waals surface area contributed by atoms with E-state index >= 15 is 0 Å². The summed E-state index contributed by atoms with van der Waals surface area (Å²) in [6.45, 7) is 4.36. The van der Waals surface area contributed by atoms with Gasteiger partial charge in [0.1, 0.15) is 6.61 Å². The lowest BCUT2D eigenvalue weighted by Crippen LogP contribution is -2.10. The first-order valence-electron chi connectivity index (χ1n) is 5.90. The quantitative estimate of drug-likeness (QED) is 0.705. The number of methoxy groups -OCH3 is 1. The average molecular weight is 239 g/mol. The second-order valence-electron chi connectivity index (χ2n) is 3.61. The number of hydrogen-bond donors (Lipinski definition) is 1. The molecule has 4 heteroatoms. The Balaban J connectivity index is 2.55. The number of para-hydroxylation sites is 1. The molecule has 0 aromatic heterocycles. The molecule has 0 aliphatic carbocycles. The van der Waals surface area contributed by atoms with Crippen LogP contribution in [0.2, 0.25) is 0 Å². The van der Waals surface area contributed by atoms with Gasteiger partial charge in [-0.25, -0.2) is 0 Å². The highest BCUT2D eigenvalue weighted by atomic mass is 16.5. The van der Waals surface area contributed by atoms with Gasteiger partial charge in [0.15, 0.2) is 11.5 Å². The molecule has 0 fully saturated rings. The van der Waals surface area contributed by atoms with Crippen LogP contribution in [0.15, 0.2) is 18.2 Å². The summed E-state index contributed by atoms with van der Waals surface area (Å²) < 4.78 is 16.3. The van der Waals surface area contributed by atoms with Crippen LogP contribution < -0.4 is 15.2 Å². The molecule has 96 valence electrons. The van der Waals surface area contributed by atoms with Crippen LogP contribution in [0.3, 0.4) is 0 Å². The van der Waals surface area contributed by atoms with Gasteiger partial charge in [0.05, 0.1) is 13.7 Å². The molecule has 1 aromatic carbocycles. The predicted octanol–water partition coefficient (Wildman–Crippen LogP) is 1.96. The van der Waals surface area contributed by atoms with Crippen LogP contribution in [0, 0.1) is 0 Å². The molecule has 4 nitrogen and oxygen atoms in total. The molecular formula is C13H21NO3. The van der Waals surface area contributed by atoms with Crippen LogP contribution in [-0.4, -0.2) is 26.9 Å². The molecule has 0 bridgehead atoms. The molecule has 0 heterocycles. The normalized spacial score (nSPS) is 10.3. The summed E-state index contributed by atoms with van der Waals surface area (Å²) in [6.07, 6.45) is 1.02. The Morgan fingerprint density at radius 1 is 1.18 bits per heavy atom. The van der Waals surface area contributed by atoms with Gasteiger partial charge >= 0.3 is 0 Å².